The maximum atomic E-state index is 9.64. The Hall–Kier alpha value is -0.200. The standard InChI is InChI=1S/C10H21NO4/c1-4-5(2)14-10-7(11)9(13)8(12)6(3)15-10/h5-10,12-13H,4,11H2,1-3H3. The second-order valence-corrected chi connectivity index (χ2v) is 4.12. The molecule has 0 amide bonds. The second kappa shape index (κ2) is 5.23. The average molecular weight is 219 g/mol. The third kappa shape index (κ3) is 2.89. The topological polar surface area (TPSA) is 84.9 Å². The van der Waals surface area contributed by atoms with E-state index in [4.69, 9.17) is 15.2 Å². The minimum atomic E-state index is -0.997. The summed E-state index contributed by atoms with van der Waals surface area (Å²) in [6.45, 7) is 5.60. The van der Waals surface area contributed by atoms with E-state index in [-0.39, 0.29) is 6.10 Å². The molecule has 0 bridgehead atoms. The molecule has 1 aliphatic rings. The number of hydrogen-bond donors (Lipinski definition) is 3. The van der Waals surface area contributed by atoms with Gasteiger partial charge in [0.1, 0.15) is 12.2 Å². The molecule has 1 heterocycles. The summed E-state index contributed by atoms with van der Waals surface area (Å²) < 4.78 is 10.9. The summed E-state index contributed by atoms with van der Waals surface area (Å²) in [5, 5.41) is 19.2. The van der Waals surface area contributed by atoms with E-state index in [0.717, 1.165) is 6.42 Å². The molecule has 1 rings (SSSR count). The van der Waals surface area contributed by atoms with Crippen LogP contribution in [0.1, 0.15) is 27.2 Å². The third-order valence-electron chi connectivity index (χ3n) is 2.83. The minimum Gasteiger partial charge on any atom is -0.388 e. The van der Waals surface area contributed by atoms with Crippen LogP contribution in [-0.4, -0.2) is 47.0 Å². The first kappa shape index (κ1) is 12.9. The quantitative estimate of drug-likeness (QED) is 0.601. The lowest BCUT2D eigenvalue weighted by atomic mass is 9.98. The number of rotatable bonds is 3. The van der Waals surface area contributed by atoms with Gasteiger partial charge in [-0.05, 0) is 20.3 Å². The van der Waals surface area contributed by atoms with E-state index in [1.54, 1.807) is 6.92 Å². The molecule has 1 fully saturated rings. The van der Waals surface area contributed by atoms with Gasteiger partial charge in [-0.2, -0.15) is 0 Å². The van der Waals surface area contributed by atoms with Gasteiger partial charge < -0.3 is 25.4 Å². The zero-order valence-electron chi connectivity index (χ0n) is 9.46. The molecule has 0 radical (unpaired) electrons. The maximum absolute atomic E-state index is 9.64. The second-order valence-electron chi connectivity index (χ2n) is 4.12. The predicted molar refractivity (Wildman–Crippen MR) is 55.2 cm³/mol. The summed E-state index contributed by atoms with van der Waals surface area (Å²) in [5.41, 5.74) is 5.72. The average Bonchev–Trinajstić information content (AvgIpc) is 2.22. The first-order valence-electron chi connectivity index (χ1n) is 5.40. The summed E-state index contributed by atoms with van der Waals surface area (Å²) in [7, 11) is 0. The molecular weight excluding hydrogens is 198 g/mol. The Balaban J connectivity index is 2.58. The molecule has 15 heavy (non-hydrogen) atoms. The van der Waals surface area contributed by atoms with Crippen molar-refractivity contribution in [2.24, 2.45) is 5.73 Å². The van der Waals surface area contributed by atoms with Gasteiger partial charge in [0.25, 0.3) is 0 Å². The zero-order chi connectivity index (χ0) is 11.6. The predicted octanol–water partition coefficient (Wildman–Crippen LogP) is -0.405. The van der Waals surface area contributed by atoms with E-state index in [1.165, 1.54) is 0 Å². The van der Waals surface area contributed by atoms with E-state index >= 15 is 0 Å². The molecular formula is C10H21NO4. The monoisotopic (exact) mass is 219 g/mol. The molecule has 4 N–H and O–H groups in total. The SMILES string of the molecule is CCC(C)OC1OC(C)C(O)C(O)C1N. The highest BCUT2D eigenvalue weighted by Gasteiger charge is 2.41. The Bertz CT molecular complexity index is 200. The maximum Gasteiger partial charge on any atom is 0.175 e. The first-order valence-corrected chi connectivity index (χ1v) is 5.40. The summed E-state index contributed by atoms with van der Waals surface area (Å²) in [4.78, 5) is 0. The van der Waals surface area contributed by atoms with Crippen molar-refractivity contribution < 1.29 is 19.7 Å². The number of nitrogens with two attached hydrogens (primary N) is 1. The van der Waals surface area contributed by atoms with Gasteiger partial charge in [-0.25, -0.2) is 0 Å². The van der Waals surface area contributed by atoms with Gasteiger partial charge in [0, 0.05) is 0 Å². The Morgan fingerprint density at radius 2 is 2.00 bits per heavy atom. The molecule has 0 aliphatic carbocycles. The van der Waals surface area contributed by atoms with Gasteiger partial charge in [-0.3, -0.25) is 0 Å². The largest absolute Gasteiger partial charge is 0.388 e. The van der Waals surface area contributed by atoms with Crippen LogP contribution in [0, 0.1) is 0 Å². The lowest BCUT2D eigenvalue weighted by molar-refractivity contribution is -0.266. The minimum absolute atomic E-state index is 0.0238. The molecule has 0 aromatic rings. The highest BCUT2D eigenvalue weighted by atomic mass is 16.7. The molecule has 0 saturated carbocycles. The van der Waals surface area contributed by atoms with Crippen molar-refractivity contribution in [1.82, 2.24) is 0 Å². The van der Waals surface area contributed by atoms with E-state index in [1.807, 2.05) is 13.8 Å². The summed E-state index contributed by atoms with van der Waals surface area (Å²) in [6.07, 6.45) is -2.18. The fourth-order valence-electron chi connectivity index (χ4n) is 1.50. The number of ether oxygens (including phenoxy) is 2. The van der Waals surface area contributed by atoms with Crippen LogP contribution in [0.4, 0.5) is 0 Å². The van der Waals surface area contributed by atoms with Crippen molar-refractivity contribution in [3.05, 3.63) is 0 Å². The van der Waals surface area contributed by atoms with Crippen LogP contribution < -0.4 is 5.73 Å². The fraction of sp³-hybridized carbons (Fsp3) is 1.00. The third-order valence-corrected chi connectivity index (χ3v) is 2.83. The Morgan fingerprint density at radius 3 is 2.53 bits per heavy atom. The summed E-state index contributed by atoms with van der Waals surface area (Å²) in [6, 6.07) is -0.704. The Kier molecular flexibility index (Phi) is 4.48. The van der Waals surface area contributed by atoms with Gasteiger partial charge >= 0.3 is 0 Å². The zero-order valence-corrected chi connectivity index (χ0v) is 9.46. The summed E-state index contributed by atoms with van der Waals surface area (Å²) in [5.74, 6) is 0. The van der Waals surface area contributed by atoms with Crippen LogP contribution in [0.15, 0.2) is 0 Å². The van der Waals surface area contributed by atoms with Crippen molar-refractivity contribution in [2.45, 2.75) is 63.9 Å². The van der Waals surface area contributed by atoms with E-state index in [9.17, 15) is 10.2 Å². The van der Waals surface area contributed by atoms with Gasteiger partial charge in [-0.15, -0.1) is 0 Å². The van der Waals surface area contributed by atoms with E-state index in [2.05, 4.69) is 0 Å². The van der Waals surface area contributed by atoms with E-state index < -0.39 is 30.6 Å². The van der Waals surface area contributed by atoms with Crippen molar-refractivity contribution in [3.8, 4) is 0 Å². The number of hydrogen-bond acceptors (Lipinski definition) is 5. The molecule has 1 aliphatic heterocycles. The smallest absolute Gasteiger partial charge is 0.175 e. The fourth-order valence-corrected chi connectivity index (χ4v) is 1.50. The lowest BCUT2D eigenvalue weighted by Crippen LogP contribution is -2.61. The lowest BCUT2D eigenvalue weighted by Gasteiger charge is -2.40. The van der Waals surface area contributed by atoms with Crippen LogP contribution in [0.5, 0.6) is 0 Å². The van der Waals surface area contributed by atoms with Crippen LogP contribution in [0.25, 0.3) is 0 Å². The molecule has 0 aromatic carbocycles. The van der Waals surface area contributed by atoms with Gasteiger partial charge in [-0.1, -0.05) is 6.92 Å². The molecule has 5 nitrogen and oxygen atoms in total. The Labute approximate surface area is 90.2 Å². The van der Waals surface area contributed by atoms with Crippen LogP contribution in [0.3, 0.4) is 0 Å². The highest BCUT2D eigenvalue weighted by Crippen LogP contribution is 2.21. The van der Waals surface area contributed by atoms with Crippen molar-refractivity contribution in [2.75, 3.05) is 0 Å². The molecule has 5 heteroatoms. The van der Waals surface area contributed by atoms with Crippen LogP contribution in [-0.2, 0) is 9.47 Å². The van der Waals surface area contributed by atoms with Crippen molar-refractivity contribution in [3.63, 3.8) is 0 Å². The van der Waals surface area contributed by atoms with Crippen molar-refractivity contribution in [1.29, 1.82) is 0 Å². The summed E-state index contributed by atoms with van der Waals surface area (Å²) >= 11 is 0. The number of aliphatic hydroxyl groups excluding tert-OH is 2. The molecule has 6 atom stereocenters. The normalized spacial score (nSPS) is 44.0. The van der Waals surface area contributed by atoms with Crippen LogP contribution in [0.2, 0.25) is 0 Å². The molecule has 1 saturated heterocycles. The molecule has 6 unspecified atom stereocenters. The van der Waals surface area contributed by atoms with Gasteiger partial charge in [0.2, 0.25) is 0 Å². The molecule has 0 aromatic heterocycles. The van der Waals surface area contributed by atoms with E-state index in [0.29, 0.717) is 0 Å². The Morgan fingerprint density at radius 1 is 1.40 bits per heavy atom. The molecule has 0 spiro atoms. The van der Waals surface area contributed by atoms with Gasteiger partial charge in [0.05, 0.1) is 18.2 Å². The number of aliphatic hydroxyl groups is 2. The first-order chi connectivity index (χ1) is 6.97. The van der Waals surface area contributed by atoms with Crippen molar-refractivity contribution >= 4 is 0 Å². The highest BCUT2D eigenvalue weighted by molar-refractivity contribution is 4.90. The molecule has 90 valence electrons. The van der Waals surface area contributed by atoms with Gasteiger partial charge in [0.15, 0.2) is 6.29 Å². The van der Waals surface area contributed by atoms with Crippen LogP contribution >= 0.6 is 0 Å².